The van der Waals surface area contributed by atoms with Crippen LogP contribution in [0.4, 0.5) is 0 Å². The maximum Gasteiger partial charge on any atom is 0.253 e. The number of ketones is 1. The zero-order valence-corrected chi connectivity index (χ0v) is 18.6. The lowest BCUT2D eigenvalue weighted by Crippen LogP contribution is -2.56. The highest BCUT2D eigenvalue weighted by Gasteiger charge is 2.62. The first kappa shape index (κ1) is 23.4. The summed E-state index contributed by atoms with van der Waals surface area (Å²) in [5.41, 5.74) is 0.881. The topological polar surface area (TPSA) is 107 Å². The van der Waals surface area contributed by atoms with E-state index in [0.29, 0.717) is 12.8 Å². The second-order valence-electron chi connectivity index (χ2n) is 9.05. The summed E-state index contributed by atoms with van der Waals surface area (Å²) >= 11 is 0. The first-order valence-electron chi connectivity index (χ1n) is 10.9. The molecule has 1 fully saturated rings. The molecule has 7 atom stereocenters. The summed E-state index contributed by atoms with van der Waals surface area (Å²) in [6.45, 7) is 6.87. The van der Waals surface area contributed by atoms with Gasteiger partial charge in [0, 0.05) is 23.8 Å². The van der Waals surface area contributed by atoms with Crippen molar-refractivity contribution in [3.63, 3.8) is 0 Å². The second kappa shape index (κ2) is 9.07. The Morgan fingerprint density at radius 3 is 2.45 bits per heavy atom. The van der Waals surface area contributed by atoms with Crippen molar-refractivity contribution in [2.24, 2.45) is 17.8 Å². The maximum atomic E-state index is 13.0. The van der Waals surface area contributed by atoms with Crippen molar-refractivity contribution in [3.05, 3.63) is 59.2 Å². The van der Waals surface area contributed by atoms with E-state index in [2.05, 4.69) is 5.32 Å². The van der Waals surface area contributed by atoms with Gasteiger partial charge in [0.05, 0.1) is 6.10 Å². The van der Waals surface area contributed by atoms with Crippen LogP contribution >= 0.6 is 0 Å². The molecule has 1 saturated heterocycles. The Labute approximate surface area is 183 Å². The van der Waals surface area contributed by atoms with Gasteiger partial charge in [-0.05, 0) is 44.7 Å². The number of aliphatic hydroxyl groups is 3. The molecule has 0 saturated carbocycles. The molecular formula is C25H33NO5. The number of nitrogens with one attached hydrogen (secondary N) is 1. The minimum Gasteiger partial charge on any atom is -0.388 e. The van der Waals surface area contributed by atoms with Crippen LogP contribution < -0.4 is 5.32 Å². The van der Waals surface area contributed by atoms with Crippen molar-refractivity contribution in [3.8, 4) is 0 Å². The molecule has 1 aromatic carbocycles. The predicted octanol–water partition coefficient (Wildman–Crippen LogP) is 1.93. The van der Waals surface area contributed by atoms with E-state index in [0.717, 1.165) is 16.7 Å². The van der Waals surface area contributed by atoms with Gasteiger partial charge >= 0.3 is 0 Å². The van der Waals surface area contributed by atoms with Crippen LogP contribution in [0, 0.1) is 17.8 Å². The smallest absolute Gasteiger partial charge is 0.253 e. The molecule has 0 bridgehead atoms. The average Bonchev–Trinajstić information content (AvgIpc) is 2.99. The van der Waals surface area contributed by atoms with Gasteiger partial charge < -0.3 is 20.6 Å². The van der Waals surface area contributed by atoms with Crippen LogP contribution in [0.3, 0.4) is 0 Å². The van der Waals surface area contributed by atoms with Crippen LogP contribution in [-0.2, 0) is 16.0 Å². The molecule has 1 aromatic rings. The predicted molar refractivity (Wildman–Crippen MR) is 118 cm³/mol. The third-order valence-electron chi connectivity index (χ3n) is 6.97. The van der Waals surface area contributed by atoms with Crippen molar-refractivity contribution >= 4 is 11.7 Å². The zero-order chi connectivity index (χ0) is 22.9. The van der Waals surface area contributed by atoms with Gasteiger partial charge in [0.2, 0.25) is 0 Å². The lowest BCUT2D eigenvalue weighted by Gasteiger charge is -2.43. The fourth-order valence-corrected chi connectivity index (χ4v) is 5.04. The third kappa shape index (κ3) is 4.25. The van der Waals surface area contributed by atoms with Crippen molar-refractivity contribution in [2.45, 2.75) is 64.4 Å². The zero-order valence-electron chi connectivity index (χ0n) is 18.6. The van der Waals surface area contributed by atoms with E-state index in [4.69, 9.17) is 0 Å². The average molecular weight is 428 g/mol. The lowest BCUT2D eigenvalue weighted by atomic mass is 9.63. The van der Waals surface area contributed by atoms with Gasteiger partial charge in [-0.3, -0.25) is 9.59 Å². The standard InChI is InChI=1S/C25H33NO5/c1-14(22(28)17(4)27)9-8-12-19-23(29)16(3)15(2)21-20(26-24(30)25(19,21)31)13-18-10-6-5-7-11-18/h5-8,10-12,14,17,19-21,23,27,29,31H,9,13H2,1-4H3,(H,26,30)/b12-8+/t14-,17-,19+,20-,21-,23+,25+/m0/s1. The number of carbonyl (C=O) groups is 2. The Hall–Kier alpha value is -2.28. The molecule has 0 spiro atoms. The molecule has 2 aliphatic rings. The monoisotopic (exact) mass is 427 g/mol. The number of fused-ring (bicyclic) bond motifs is 1. The third-order valence-corrected chi connectivity index (χ3v) is 6.97. The highest BCUT2D eigenvalue weighted by Crippen LogP contribution is 2.48. The highest BCUT2D eigenvalue weighted by molar-refractivity contribution is 5.90. The summed E-state index contributed by atoms with van der Waals surface area (Å²) in [5, 5.41) is 35.0. The summed E-state index contributed by atoms with van der Waals surface area (Å²) in [6.07, 6.45) is 2.27. The van der Waals surface area contributed by atoms with Crippen molar-refractivity contribution in [2.75, 3.05) is 0 Å². The number of amides is 1. The van der Waals surface area contributed by atoms with E-state index in [9.17, 15) is 24.9 Å². The molecule has 1 aliphatic carbocycles. The number of allylic oxidation sites excluding steroid dienone is 1. The second-order valence-corrected chi connectivity index (χ2v) is 9.05. The summed E-state index contributed by atoms with van der Waals surface area (Å²) in [4.78, 5) is 25.0. The molecule has 1 aliphatic heterocycles. The summed E-state index contributed by atoms with van der Waals surface area (Å²) in [5.74, 6) is -2.43. The van der Waals surface area contributed by atoms with Gasteiger partial charge in [-0.1, -0.05) is 55.0 Å². The Balaban J connectivity index is 1.89. The van der Waals surface area contributed by atoms with Gasteiger partial charge in [-0.15, -0.1) is 0 Å². The Bertz CT molecular complexity index is 890. The van der Waals surface area contributed by atoms with E-state index < -0.39 is 41.5 Å². The number of hydrogen-bond acceptors (Lipinski definition) is 5. The molecule has 1 amide bonds. The van der Waals surface area contributed by atoms with Crippen LogP contribution in [0.25, 0.3) is 0 Å². The Kier molecular flexibility index (Phi) is 6.84. The minimum absolute atomic E-state index is 0.265. The fourth-order valence-electron chi connectivity index (χ4n) is 5.04. The first-order chi connectivity index (χ1) is 14.6. The fraction of sp³-hybridized carbons (Fsp3) is 0.520. The molecule has 3 rings (SSSR count). The van der Waals surface area contributed by atoms with E-state index in [-0.39, 0.29) is 11.8 Å². The van der Waals surface area contributed by atoms with E-state index in [1.165, 1.54) is 6.92 Å². The molecule has 168 valence electrons. The maximum absolute atomic E-state index is 13.0. The molecule has 4 N–H and O–H groups in total. The number of benzene rings is 1. The number of rotatable bonds is 7. The number of carbonyl (C=O) groups excluding carboxylic acids is 2. The van der Waals surface area contributed by atoms with Crippen molar-refractivity contribution < 1.29 is 24.9 Å². The van der Waals surface area contributed by atoms with E-state index >= 15 is 0 Å². The molecule has 0 radical (unpaired) electrons. The number of aliphatic hydroxyl groups excluding tert-OH is 2. The van der Waals surface area contributed by atoms with Gasteiger partial charge in [-0.2, -0.15) is 0 Å². The van der Waals surface area contributed by atoms with Gasteiger partial charge in [0.15, 0.2) is 11.4 Å². The molecule has 6 nitrogen and oxygen atoms in total. The summed E-state index contributed by atoms with van der Waals surface area (Å²) in [7, 11) is 0. The molecule has 31 heavy (non-hydrogen) atoms. The van der Waals surface area contributed by atoms with Crippen LogP contribution in [0.5, 0.6) is 0 Å². The SMILES string of the molecule is CC1=C(C)[C@H]2[C@H](Cc3ccccc3)NC(=O)[C@@]2(O)[C@H](/C=C/C[C@H](C)C(=O)[C@H](C)O)[C@@H]1O. The normalized spacial score (nSPS) is 32.7. The van der Waals surface area contributed by atoms with Crippen LogP contribution in [0.1, 0.15) is 39.7 Å². The quantitative estimate of drug-likeness (QED) is 0.498. The number of Topliss-reactive ketones (excluding diaryl/α,β-unsaturated/α-hetero) is 1. The number of hydrogen-bond donors (Lipinski definition) is 4. The molecule has 0 unspecified atom stereocenters. The van der Waals surface area contributed by atoms with Crippen molar-refractivity contribution in [1.29, 1.82) is 0 Å². The van der Waals surface area contributed by atoms with Gasteiger partial charge in [-0.25, -0.2) is 0 Å². The van der Waals surface area contributed by atoms with Gasteiger partial charge in [0.1, 0.15) is 6.10 Å². The van der Waals surface area contributed by atoms with Crippen LogP contribution in [0.2, 0.25) is 0 Å². The molecule has 1 heterocycles. The van der Waals surface area contributed by atoms with E-state index in [1.54, 1.807) is 19.1 Å². The Morgan fingerprint density at radius 2 is 1.84 bits per heavy atom. The van der Waals surface area contributed by atoms with Crippen LogP contribution in [0.15, 0.2) is 53.6 Å². The van der Waals surface area contributed by atoms with Gasteiger partial charge in [0.25, 0.3) is 5.91 Å². The largest absolute Gasteiger partial charge is 0.388 e. The van der Waals surface area contributed by atoms with Crippen molar-refractivity contribution in [1.82, 2.24) is 5.32 Å². The summed E-state index contributed by atoms with van der Waals surface area (Å²) < 4.78 is 0. The van der Waals surface area contributed by atoms with Crippen LogP contribution in [-0.4, -0.2) is 50.9 Å². The molecule has 0 aromatic heterocycles. The van der Waals surface area contributed by atoms with E-state index in [1.807, 2.05) is 44.2 Å². The summed E-state index contributed by atoms with van der Waals surface area (Å²) in [6, 6.07) is 9.52. The lowest BCUT2D eigenvalue weighted by molar-refractivity contribution is -0.147. The molecular weight excluding hydrogens is 394 g/mol. The minimum atomic E-state index is -1.77. The highest BCUT2D eigenvalue weighted by atomic mass is 16.3. The Morgan fingerprint density at radius 1 is 1.19 bits per heavy atom. The molecule has 6 heteroatoms. The first-order valence-corrected chi connectivity index (χ1v) is 10.9.